The van der Waals surface area contributed by atoms with Crippen LogP contribution >= 0.6 is 0 Å². The van der Waals surface area contributed by atoms with Crippen LogP contribution in [0.4, 0.5) is 0 Å². The molecule has 23 heavy (non-hydrogen) atoms. The van der Waals surface area contributed by atoms with Gasteiger partial charge in [-0.1, -0.05) is 0 Å². The molecule has 124 valence electrons. The number of nitrogens with zero attached hydrogens (tertiary/aromatic N) is 5. The Kier molecular flexibility index (Phi) is 4.50. The first kappa shape index (κ1) is 15.8. The van der Waals surface area contributed by atoms with Gasteiger partial charge in [0.25, 0.3) is 0 Å². The summed E-state index contributed by atoms with van der Waals surface area (Å²) in [6, 6.07) is 0.358. The normalized spacial score (nSPS) is 18.4. The van der Waals surface area contributed by atoms with Crippen molar-refractivity contribution in [2.24, 2.45) is 7.05 Å². The summed E-state index contributed by atoms with van der Waals surface area (Å²) in [6.07, 6.45) is 9.14. The highest BCUT2D eigenvalue weighted by atomic mass is 16.2. The second-order valence-corrected chi connectivity index (χ2v) is 6.42. The molecule has 0 radical (unpaired) electrons. The summed E-state index contributed by atoms with van der Waals surface area (Å²) in [7, 11) is 1.95. The molecule has 0 aromatic carbocycles. The number of imidazole rings is 1. The van der Waals surface area contributed by atoms with Crippen molar-refractivity contribution in [3.05, 3.63) is 35.7 Å². The lowest BCUT2D eigenvalue weighted by molar-refractivity contribution is -0.132. The van der Waals surface area contributed by atoms with Crippen molar-refractivity contribution in [2.75, 3.05) is 13.1 Å². The van der Waals surface area contributed by atoms with Crippen molar-refractivity contribution in [3.63, 3.8) is 0 Å². The summed E-state index contributed by atoms with van der Waals surface area (Å²) >= 11 is 0. The van der Waals surface area contributed by atoms with Crippen molar-refractivity contribution in [2.45, 2.75) is 45.6 Å². The van der Waals surface area contributed by atoms with Gasteiger partial charge in [-0.25, -0.2) is 4.98 Å². The van der Waals surface area contributed by atoms with Crippen LogP contribution in [-0.2, 0) is 18.3 Å². The highest BCUT2D eigenvalue weighted by Gasteiger charge is 2.24. The van der Waals surface area contributed by atoms with Gasteiger partial charge in [0.1, 0.15) is 0 Å². The minimum Gasteiger partial charge on any atom is -0.341 e. The average Bonchev–Trinajstić information content (AvgIpc) is 3.16. The molecular formula is C17H25N5O. The van der Waals surface area contributed by atoms with Crippen molar-refractivity contribution in [3.8, 4) is 0 Å². The molecule has 3 rings (SSSR count). The number of carbonyl (C=O) groups is 1. The van der Waals surface area contributed by atoms with Crippen molar-refractivity contribution in [1.29, 1.82) is 0 Å². The number of likely N-dealkylation sites (tertiary alicyclic amines) is 1. The Hall–Kier alpha value is -2.11. The zero-order valence-electron chi connectivity index (χ0n) is 14.2. The lowest BCUT2D eigenvalue weighted by Gasteiger charge is -2.33. The summed E-state index contributed by atoms with van der Waals surface area (Å²) < 4.78 is 4.01. The van der Waals surface area contributed by atoms with Crippen LogP contribution in [0.5, 0.6) is 0 Å². The lowest BCUT2D eigenvalue weighted by atomic mass is 10.0. The summed E-state index contributed by atoms with van der Waals surface area (Å²) in [6.45, 7) is 5.74. The van der Waals surface area contributed by atoms with Gasteiger partial charge < -0.3 is 9.47 Å². The Bertz CT molecular complexity index is 673. The van der Waals surface area contributed by atoms with E-state index in [1.807, 2.05) is 36.1 Å². The van der Waals surface area contributed by atoms with Gasteiger partial charge >= 0.3 is 0 Å². The first-order chi connectivity index (χ1) is 11.1. The molecule has 1 aliphatic heterocycles. The molecule has 2 aromatic rings. The third kappa shape index (κ3) is 3.30. The summed E-state index contributed by atoms with van der Waals surface area (Å²) in [5.41, 5.74) is 3.40. The van der Waals surface area contributed by atoms with Gasteiger partial charge in [-0.2, -0.15) is 5.10 Å². The van der Waals surface area contributed by atoms with E-state index in [0.29, 0.717) is 12.5 Å². The smallest absolute Gasteiger partial charge is 0.222 e. The standard InChI is InChI=1S/C17H25N5O/c1-13-16(14(2)20(3)19-13)6-7-17(23)21-9-4-5-15(11-21)22-10-8-18-12-22/h8,10,12,15H,4-7,9,11H2,1-3H3/t15-/m0/s1. The zero-order valence-corrected chi connectivity index (χ0v) is 14.2. The fourth-order valence-corrected chi connectivity index (χ4v) is 3.48. The van der Waals surface area contributed by atoms with Crippen LogP contribution < -0.4 is 0 Å². The van der Waals surface area contributed by atoms with Crippen molar-refractivity contribution in [1.82, 2.24) is 24.2 Å². The van der Waals surface area contributed by atoms with E-state index >= 15 is 0 Å². The van der Waals surface area contributed by atoms with Gasteiger partial charge in [-0.3, -0.25) is 9.48 Å². The molecule has 1 atom stereocenters. The second kappa shape index (κ2) is 6.56. The number of carbonyl (C=O) groups excluding carboxylic acids is 1. The molecule has 1 saturated heterocycles. The van der Waals surface area contributed by atoms with Crippen LogP contribution in [0.3, 0.4) is 0 Å². The quantitative estimate of drug-likeness (QED) is 0.867. The molecule has 0 bridgehead atoms. The Morgan fingerprint density at radius 1 is 1.39 bits per heavy atom. The fourth-order valence-electron chi connectivity index (χ4n) is 3.48. The first-order valence-electron chi connectivity index (χ1n) is 8.30. The SMILES string of the molecule is Cc1nn(C)c(C)c1CCC(=O)N1CCC[C@H](n2ccnc2)C1. The monoisotopic (exact) mass is 315 g/mol. The predicted molar refractivity (Wildman–Crippen MR) is 88.1 cm³/mol. The molecule has 2 aromatic heterocycles. The van der Waals surface area contributed by atoms with E-state index in [-0.39, 0.29) is 5.91 Å². The van der Waals surface area contributed by atoms with E-state index in [1.165, 1.54) is 5.56 Å². The number of hydrogen-bond donors (Lipinski definition) is 0. The Balaban J connectivity index is 1.59. The Morgan fingerprint density at radius 3 is 2.87 bits per heavy atom. The van der Waals surface area contributed by atoms with E-state index in [2.05, 4.69) is 21.6 Å². The Labute approximate surface area is 137 Å². The highest BCUT2D eigenvalue weighted by Crippen LogP contribution is 2.22. The zero-order chi connectivity index (χ0) is 16.4. The van der Waals surface area contributed by atoms with E-state index in [0.717, 1.165) is 43.7 Å². The van der Waals surface area contributed by atoms with Crippen molar-refractivity contribution < 1.29 is 4.79 Å². The largest absolute Gasteiger partial charge is 0.341 e. The first-order valence-corrected chi connectivity index (χ1v) is 8.30. The van der Waals surface area contributed by atoms with Gasteiger partial charge in [-0.05, 0) is 38.7 Å². The fraction of sp³-hybridized carbons (Fsp3) is 0.588. The topological polar surface area (TPSA) is 56.0 Å². The van der Waals surface area contributed by atoms with E-state index in [1.54, 1.807) is 6.20 Å². The van der Waals surface area contributed by atoms with Crippen LogP contribution in [0, 0.1) is 13.8 Å². The average molecular weight is 315 g/mol. The van der Waals surface area contributed by atoms with Crippen LogP contribution in [0.25, 0.3) is 0 Å². The number of amides is 1. The van der Waals surface area contributed by atoms with Crippen LogP contribution in [0.2, 0.25) is 0 Å². The maximum Gasteiger partial charge on any atom is 0.222 e. The van der Waals surface area contributed by atoms with Crippen LogP contribution in [0.1, 0.15) is 42.3 Å². The van der Waals surface area contributed by atoms with Gasteiger partial charge in [-0.15, -0.1) is 0 Å². The highest BCUT2D eigenvalue weighted by molar-refractivity contribution is 5.76. The van der Waals surface area contributed by atoms with Gasteiger partial charge in [0.05, 0.1) is 18.1 Å². The third-order valence-corrected chi connectivity index (χ3v) is 4.94. The van der Waals surface area contributed by atoms with Crippen molar-refractivity contribution >= 4 is 5.91 Å². The number of aryl methyl sites for hydroxylation is 2. The third-order valence-electron chi connectivity index (χ3n) is 4.94. The molecule has 6 heteroatoms. The number of aromatic nitrogens is 4. The molecule has 0 spiro atoms. The van der Waals surface area contributed by atoms with Crippen LogP contribution in [-0.4, -0.2) is 43.2 Å². The summed E-state index contributed by atoms with van der Waals surface area (Å²) in [5.74, 6) is 0.248. The molecule has 0 aliphatic carbocycles. The summed E-state index contributed by atoms with van der Waals surface area (Å²) in [5, 5.41) is 4.43. The maximum atomic E-state index is 12.6. The summed E-state index contributed by atoms with van der Waals surface area (Å²) in [4.78, 5) is 18.7. The second-order valence-electron chi connectivity index (χ2n) is 6.42. The number of piperidine rings is 1. The molecule has 6 nitrogen and oxygen atoms in total. The molecule has 0 saturated carbocycles. The van der Waals surface area contributed by atoms with E-state index < -0.39 is 0 Å². The molecule has 0 unspecified atom stereocenters. The molecule has 1 fully saturated rings. The number of rotatable bonds is 4. The molecule has 3 heterocycles. The Morgan fingerprint density at radius 2 is 2.22 bits per heavy atom. The molecule has 0 N–H and O–H groups in total. The predicted octanol–water partition coefficient (Wildman–Crippen LogP) is 2.03. The van der Waals surface area contributed by atoms with Gasteiger partial charge in [0, 0.05) is 44.6 Å². The number of hydrogen-bond acceptors (Lipinski definition) is 3. The minimum absolute atomic E-state index is 0.248. The van der Waals surface area contributed by atoms with E-state index in [9.17, 15) is 4.79 Å². The lowest BCUT2D eigenvalue weighted by Crippen LogP contribution is -2.40. The molecule has 1 amide bonds. The maximum absolute atomic E-state index is 12.6. The molecular weight excluding hydrogens is 290 g/mol. The minimum atomic E-state index is 0.248. The van der Waals surface area contributed by atoms with Gasteiger partial charge in [0.15, 0.2) is 0 Å². The van der Waals surface area contributed by atoms with Gasteiger partial charge in [0.2, 0.25) is 5.91 Å². The van der Waals surface area contributed by atoms with E-state index in [4.69, 9.17) is 0 Å². The van der Waals surface area contributed by atoms with Crippen LogP contribution in [0.15, 0.2) is 18.7 Å². The molecule has 1 aliphatic rings.